The van der Waals surface area contributed by atoms with Crippen molar-refractivity contribution in [2.75, 3.05) is 5.32 Å². The zero-order chi connectivity index (χ0) is 15.7. The first kappa shape index (κ1) is 15.1. The maximum atomic E-state index is 13.6. The number of carboxylic acids is 1. The molecule has 0 bridgehead atoms. The monoisotopic (exact) mass is 310 g/mol. The highest BCUT2D eigenvalue weighted by Crippen LogP contribution is 2.23. The van der Waals surface area contributed by atoms with Gasteiger partial charge in [0.2, 0.25) is 0 Å². The number of aromatic carboxylic acids is 1. The first-order valence-electron chi connectivity index (χ1n) is 6.00. The number of H-pyrrole nitrogens is 1. The molecule has 5 nitrogen and oxygen atoms in total. The van der Waals surface area contributed by atoms with Crippen molar-refractivity contribution in [3.8, 4) is 0 Å². The van der Waals surface area contributed by atoms with E-state index in [1.54, 1.807) is 6.92 Å². The normalized spacial score (nSPS) is 10.5. The number of halogens is 2. The van der Waals surface area contributed by atoms with Gasteiger partial charge in [-0.1, -0.05) is 11.6 Å². The quantitative estimate of drug-likeness (QED) is 0.813. The number of rotatable bonds is 3. The molecule has 0 aliphatic rings. The number of hydrogen-bond donors (Lipinski definition) is 3. The maximum absolute atomic E-state index is 13.6. The molecule has 0 fully saturated rings. The molecule has 1 heterocycles. The van der Waals surface area contributed by atoms with Gasteiger partial charge in [0.15, 0.2) is 0 Å². The van der Waals surface area contributed by atoms with Crippen molar-refractivity contribution in [1.82, 2.24) is 4.98 Å². The average Bonchev–Trinajstić information content (AvgIpc) is 2.69. The van der Waals surface area contributed by atoms with Crippen LogP contribution < -0.4 is 5.32 Å². The zero-order valence-electron chi connectivity index (χ0n) is 11.3. The smallest absolute Gasteiger partial charge is 0.352 e. The second kappa shape index (κ2) is 5.57. The Kier molecular flexibility index (Phi) is 3.99. The Morgan fingerprint density at radius 2 is 2.00 bits per heavy atom. The summed E-state index contributed by atoms with van der Waals surface area (Å²) >= 11 is 5.75. The van der Waals surface area contributed by atoms with Crippen LogP contribution >= 0.6 is 11.6 Å². The minimum absolute atomic E-state index is 0.0654. The van der Waals surface area contributed by atoms with Gasteiger partial charge in [-0.2, -0.15) is 0 Å². The highest BCUT2D eigenvalue weighted by atomic mass is 35.5. The minimum atomic E-state index is -1.16. The summed E-state index contributed by atoms with van der Waals surface area (Å²) in [7, 11) is 0. The third-order valence-electron chi connectivity index (χ3n) is 3.06. The van der Waals surface area contributed by atoms with Gasteiger partial charge >= 0.3 is 5.97 Å². The second-order valence-corrected chi connectivity index (χ2v) is 4.94. The maximum Gasteiger partial charge on any atom is 0.352 e. The minimum Gasteiger partial charge on any atom is -0.477 e. The fraction of sp³-hybridized carbons (Fsp3) is 0.143. The van der Waals surface area contributed by atoms with E-state index in [1.165, 1.54) is 19.1 Å². The number of carbonyl (C=O) groups excluding carboxylic acids is 1. The molecule has 7 heteroatoms. The van der Waals surface area contributed by atoms with Crippen LogP contribution in [0.15, 0.2) is 18.2 Å². The lowest BCUT2D eigenvalue weighted by Crippen LogP contribution is -2.15. The largest absolute Gasteiger partial charge is 0.477 e. The summed E-state index contributed by atoms with van der Waals surface area (Å²) < 4.78 is 13.6. The van der Waals surface area contributed by atoms with Crippen LogP contribution in [0.25, 0.3) is 0 Å². The van der Waals surface area contributed by atoms with Gasteiger partial charge in [0.1, 0.15) is 11.5 Å². The van der Waals surface area contributed by atoms with Crippen LogP contribution in [-0.4, -0.2) is 22.0 Å². The van der Waals surface area contributed by atoms with Gasteiger partial charge in [-0.05, 0) is 37.6 Å². The van der Waals surface area contributed by atoms with Gasteiger partial charge in [0.25, 0.3) is 5.91 Å². The molecule has 0 aliphatic carbocycles. The molecule has 0 saturated heterocycles. The van der Waals surface area contributed by atoms with Crippen LogP contribution in [0.5, 0.6) is 0 Å². The number of anilines is 1. The van der Waals surface area contributed by atoms with Gasteiger partial charge in [-0.15, -0.1) is 0 Å². The molecule has 110 valence electrons. The third kappa shape index (κ3) is 2.90. The lowest BCUT2D eigenvalue weighted by Gasteiger charge is -2.07. The van der Waals surface area contributed by atoms with E-state index < -0.39 is 17.7 Å². The summed E-state index contributed by atoms with van der Waals surface area (Å²) in [6.45, 7) is 3.08. The van der Waals surface area contributed by atoms with E-state index in [0.29, 0.717) is 11.3 Å². The van der Waals surface area contributed by atoms with Crippen molar-refractivity contribution in [1.29, 1.82) is 0 Å². The number of carbonyl (C=O) groups is 2. The molecule has 1 aromatic carbocycles. The summed E-state index contributed by atoms with van der Waals surface area (Å²) in [5, 5.41) is 11.7. The number of amides is 1. The molecule has 0 saturated carbocycles. The van der Waals surface area contributed by atoms with Crippen LogP contribution in [-0.2, 0) is 0 Å². The summed E-state index contributed by atoms with van der Waals surface area (Å²) in [5.41, 5.74) is 0.727. The van der Waals surface area contributed by atoms with E-state index >= 15 is 0 Å². The molecule has 2 aromatic rings. The number of nitrogens with one attached hydrogen (secondary N) is 2. The van der Waals surface area contributed by atoms with Crippen molar-refractivity contribution < 1.29 is 19.1 Å². The van der Waals surface area contributed by atoms with Crippen molar-refractivity contribution in [2.45, 2.75) is 13.8 Å². The Hall–Kier alpha value is -2.34. The predicted octanol–water partition coefficient (Wildman–Crippen LogP) is 3.37. The highest BCUT2D eigenvalue weighted by Gasteiger charge is 2.22. The van der Waals surface area contributed by atoms with E-state index in [1.807, 2.05) is 0 Å². The molecule has 0 radical (unpaired) electrons. The number of aromatic nitrogens is 1. The van der Waals surface area contributed by atoms with Crippen LogP contribution in [0.2, 0.25) is 5.02 Å². The molecular formula is C14H12ClFN2O3. The fourth-order valence-electron chi connectivity index (χ4n) is 2.08. The Morgan fingerprint density at radius 1 is 1.33 bits per heavy atom. The zero-order valence-corrected chi connectivity index (χ0v) is 12.0. The molecule has 0 atom stereocenters. The van der Waals surface area contributed by atoms with Crippen molar-refractivity contribution >= 4 is 29.2 Å². The molecule has 2 rings (SSSR count). The molecule has 21 heavy (non-hydrogen) atoms. The Morgan fingerprint density at radius 3 is 2.57 bits per heavy atom. The summed E-state index contributed by atoms with van der Waals surface area (Å²) in [5.74, 6) is -2.39. The number of benzene rings is 1. The molecule has 0 spiro atoms. The SMILES string of the molecule is Cc1[nH]c(C(=O)O)c(C)c1C(=O)Nc1cc(Cl)ccc1F. The first-order valence-corrected chi connectivity index (χ1v) is 6.38. The van der Waals surface area contributed by atoms with Gasteiger partial charge in [-0.25, -0.2) is 9.18 Å². The Labute approximate surface area is 124 Å². The number of aryl methyl sites for hydroxylation is 1. The van der Waals surface area contributed by atoms with E-state index in [-0.39, 0.29) is 22.0 Å². The van der Waals surface area contributed by atoms with Crippen molar-refractivity contribution in [3.05, 3.63) is 51.6 Å². The first-order chi connectivity index (χ1) is 9.81. The van der Waals surface area contributed by atoms with E-state index in [9.17, 15) is 14.0 Å². The second-order valence-electron chi connectivity index (χ2n) is 4.51. The van der Waals surface area contributed by atoms with Crippen LogP contribution in [0.3, 0.4) is 0 Å². The molecule has 3 N–H and O–H groups in total. The molecule has 1 aromatic heterocycles. The van der Waals surface area contributed by atoms with E-state index in [2.05, 4.69) is 10.3 Å². The van der Waals surface area contributed by atoms with Crippen molar-refractivity contribution in [3.63, 3.8) is 0 Å². The third-order valence-corrected chi connectivity index (χ3v) is 3.29. The van der Waals surface area contributed by atoms with Crippen LogP contribution in [0.1, 0.15) is 32.1 Å². The van der Waals surface area contributed by atoms with Gasteiger partial charge in [0, 0.05) is 10.7 Å². The van der Waals surface area contributed by atoms with Gasteiger partial charge in [-0.3, -0.25) is 4.79 Å². The molecular weight excluding hydrogens is 299 g/mol. The van der Waals surface area contributed by atoms with E-state index in [4.69, 9.17) is 16.7 Å². The summed E-state index contributed by atoms with van der Waals surface area (Å²) in [6.07, 6.45) is 0. The standard InChI is InChI=1S/C14H12ClFN2O3/c1-6-11(7(2)17-12(6)14(20)21)13(19)18-10-5-8(15)3-4-9(10)16/h3-5,17H,1-2H3,(H,18,19)(H,20,21). The average molecular weight is 311 g/mol. The Bertz CT molecular complexity index is 740. The highest BCUT2D eigenvalue weighted by molar-refractivity contribution is 6.31. The predicted molar refractivity (Wildman–Crippen MR) is 76.6 cm³/mol. The fourth-order valence-corrected chi connectivity index (χ4v) is 2.25. The Balaban J connectivity index is 2.37. The van der Waals surface area contributed by atoms with E-state index in [0.717, 1.165) is 6.07 Å². The van der Waals surface area contributed by atoms with Crippen molar-refractivity contribution in [2.24, 2.45) is 0 Å². The number of carboxylic acid groups (broad SMARTS) is 1. The lowest BCUT2D eigenvalue weighted by atomic mass is 10.1. The summed E-state index contributed by atoms with van der Waals surface area (Å²) in [4.78, 5) is 25.9. The van der Waals surface area contributed by atoms with Gasteiger partial charge in [0.05, 0.1) is 11.3 Å². The molecule has 0 unspecified atom stereocenters. The summed E-state index contributed by atoms with van der Waals surface area (Å²) in [6, 6.07) is 3.78. The number of hydrogen-bond acceptors (Lipinski definition) is 2. The lowest BCUT2D eigenvalue weighted by molar-refractivity contribution is 0.0690. The number of aromatic amines is 1. The molecule has 0 aliphatic heterocycles. The van der Waals surface area contributed by atoms with Crippen LogP contribution in [0, 0.1) is 19.7 Å². The molecule has 1 amide bonds. The van der Waals surface area contributed by atoms with Crippen LogP contribution in [0.4, 0.5) is 10.1 Å². The van der Waals surface area contributed by atoms with Gasteiger partial charge < -0.3 is 15.4 Å². The topological polar surface area (TPSA) is 82.2 Å².